The number of hydrogen-bond donors (Lipinski definition) is 1. The number of carbonyl (C=O) groups is 1. The topological polar surface area (TPSA) is 59.4 Å². The molecule has 2 rings (SSSR count). The summed E-state index contributed by atoms with van der Waals surface area (Å²) in [6.45, 7) is 3.78. The van der Waals surface area contributed by atoms with Crippen molar-refractivity contribution in [3.63, 3.8) is 0 Å². The van der Waals surface area contributed by atoms with E-state index in [0.717, 1.165) is 6.42 Å². The summed E-state index contributed by atoms with van der Waals surface area (Å²) in [7, 11) is 1.62. The zero-order valence-corrected chi connectivity index (χ0v) is 13.5. The molecule has 1 aromatic heterocycles. The summed E-state index contributed by atoms with van der Waals surface area (Å²) in [5.74, 6) is -0.168. The van der Waals surface area contributed by atoms with Gasteiger partial charge >= 0.3 is 0 Å². The van der Waals surface area contributed by atoms with Crippen LogP contribution in [0.3, 0.4) is 0 Å². The second kappa shape index (κ2) is 7.02. The summed E-state index contributed by atoms with van der Waals surface area (Å²) in [6, 6.07) is 0. The summed E-state index contributed by atoms with van der Waals surface area (Å²) >= 11 is 11.3. The first-order chi connectivity index (χ1) is 10.1. The highest BCUT2D eigenvalue weighted by molar-refractivity contribution is 7.80. The Balaban J connectivity index is 2.13. The molecule has 1 fully saturated rings. The molecule has 0 saturated carbocycles. The number of amides is 1. The number of nitrogens with one attached hydrogen (secondary N) is 1. The predicted octanol–water partition coefficient (Wildman–Crippen LogP) is 1.65. The van der Waals surface area contributed by atoms with Gasteiger partial charge in [-0.15, -0.1) is 0 Å². The normalized spacial score (nSPS) is 16.9. The van der Waals surface area contributed by atoms with Gasteiger partial charge in [0.1, 0.15) is 11.4 Å². The van der Waals surface area contributed by atoms with Crippen LogP contribution in [0.1, 0.15) is 19.0 Å². The molecule has 1 N–H and O–H groups in total. The molecule has 1 saturated heterocycles. The minimum absolute atomic E-state index is 0.168. The Morgan fingerprint density at radius 1 is 1.57 bits per heavy atom. The fraction of sp³-hybridized carbons (Fsp3) is 0.462. The van der Waals surface area contributed by atoms with Crippen LogP contribution >= 0.6 is 23.8 Å². The van der Waals surface area contributed by atoms with Crippen LogP contribution in [-0.4, -0.2) is 46.0 Å². The van der Waals surface area contributed by atoms with Crippen molar-refractivity contribution in [2.75, 3.05) is 20.3 Å². The molecule has 0 spiro atoms. The number of aromatic nitrogens is 2. The van der Waals surface area contributed by atoms with Gasteiger partial charge in [-0.05, 0) is 31.6 Å². The maximum Gasteiger partial charge on any atom is 0.276 e. The molecule has 0 radical (unpaired) electrons. The number of hydrogen-bond acceptors (Lipinski definition) is 4. The molecule has 0 aromatic carbocycles. The van der Waals surface area contributed by atoms with Crippen molar-refractivity contribution in [1.29, 1.82) is 0 Å². The van der Waals surface area contributed by atoms with E-state index in [4.69, 9.17) is 28.6 Å². The molecule has 1 amide bonds. The Hall–Kier alpha value is -1.44. The lowest BCUT2D eigenvalue weighted by Gasteiger charge is -2.12. The van der Waals surface area contributed by atoms with Crippen molar-refractivity contribution in [3.8, 4) is 0 Å². The first kappa shape index (κ1) is 15.9. The number of carbonyl (C=O) groups excluding carboxylic acids is 1. The molecule has 1 aliphatic rings. The molecule has 0 unspecified atom stereocenters. The van der Waals surface area contributed by atoms with Crippen LogP contribution in [0.2, 0.25) is 5.02 Å². The fourth-order valence-corrected chi connectivity index (χ4v) is 2.44. The maximum absolute atomic E-state index is 12.3. The van der Waals surface area contributed by atoms with Crippen molar-refractivity contribution in [3.05, 3.63) is 22.6 Å². The standard InChI is InChI=1S/C13H17ClN4O2S/c1-3-17-8-9(14)10(16-17)7-11-12(19)18(13(21)15-11)5-4-6-20-2/h7-8H,3-6H2,1-2H3,(H,15,21)/b11-7+. The van der Waals surface area contributed by atoms with Crippen LogP contribution in [0.4, 0.5) is 0 Å². The van der Waals surface area contributed by atoms with Crippen LogP contribution in [-0.2, 0) is 16.1 Å². The van der Waals surface area contributed by atoms with Gasteiger partial charge < -0.3 is 10.1 Å². The van der Waals surface area contributed by atoms with Crippen molar-refractivity contribution in [1.82, 2.24) is 20.0 Å². The molecule has 1 aromatic rings. The van der Waals surface area contributed by atoms with Crippen molar-refractivity contribution in [2.45, 2.75) is 19.9 Å². The molecule has 1 aliphatic heterocycles. The molecule has 114 valence electrons. The van der Waals surface area contributed by atoms with Crippen molar-refractivity contribution in [2.24, 2.45) is 0 Å². The van der Waals surface area contributed by atoms with E-state index < -0.39 is 0 Å². The SMILES string of the molecule is CCn1cc(Cl)c(/C=C2/NC(=S)N(CCCOC)C2=O)n1. The van der Waals surface area contributed by atoms with E-state index in [1.807, 2.05) is 6.92 Å². The average molecular weight is 329 g/mol. The number of methoxy groups -OCH3 is 1. The van der Waals surface area contributed by atoms with Crippen LogP contribution in [0.15, 0.2) is 11.9 Å². The van der Waals surface area contributed by atoms with Gasteiger partial charge in [0, 0.05) is 33.0 Å². The van der Waals surface area contributed by atoms with E-state index >= 15 is 0 Å². The van der Waals surface area contributed by atoms with Gasteiger partial charge in [-0.2, -0.15) is 5.10 Å². The number of aryl methyl sites for hydroxylation is 1. The van der Waals surface area contributed by atoms with Gasteiger partial charge in [-0.25, -0.2) is 0 Å². The number of rotatable bonds is 6. The molecule has 6 nitrogen and oxygen atoms in total. The van der Waals surface area contributed by atoms with E-state index in [9.17, 15) is 4.79 Å². The van der Waals surface area contributed by atoms with Gasteiger partial charge in [0.2, 0.25) is 0 Å². The zero-order chi connectivity index (χ0) is 15.4. The van der Waals surface area contributed by atoms with Crippen LogP contribution in [0.5, 0.6) is 0 Å². The lowest BCUT2D eigenvalue weighted by Crippen LogP contribution is -2.32. The average Bonchev–Trinajstić information content (AvgIpc) is 2.94. The number of nitrogens with zero attached hydrogens (tertiary/aromatic N) is 3. The van der Waals surface area contributed by atoms with E-state index in [2.05, 4.69) is 10.4 Å². The first-order valence-electron chi connectivity index (χ1n) is 6.63. The maximum atomic E-state index is 12.3. The lowest BCUT2D eigenvalue weighted by molar-refractivity contribution is -0.122. The Labute approximate surface area is 133 Å². The van der Waals surface area contributed by atoms with Gasteiger partial charge in [-0.1, -0.05) is 11.6 Å². The van der Waals surface area contributed by atoms with Gasteiger partial charge in [-0.3, -0.25) is 14.4 Å². The van der Waals surface area contributed by atoms with E-state index in [0.29, 0.717) is 41.2 Å². The Morgan fingerprint density at radius 3 is 2.95 bits per heavy atom. The largest absolute Gasteiger partial charge is 0.385 e. The summed E-state index contributed by atoms with van der Waals surface area (Å²) in [5.41, 5.74) is 0.941. The van der Waals surface area contributed by atoms with Gasteiger partial charge in [0.05, 0.1) is 5.02 Å². The summed E-state index contributed by atoms with van der Waals surface area (Å²) < 4.78 is 6.69. The minimum Gasteiger partial charge on any atom is -0.385 e. The van der Waals surface area contributed by atoms with Crippen LogP contribution in [0, 0.1) is 0 Å². The van der Waals surface area contributed by atoms with Crippen molar-refractivity contribution >= 4 is 40.9 Å². The van der Waals surface area contributed by atoms with E-state index in [1.165, 1.54) is 4.90 Å². The molecular formula is C13H17ClN4O2S. The number of thiocarbonyl (C=S) groups is 1. The molecule has 0 aliphatic carbocycles. The second-order valence-corrected chi connectivity index (χ2v) is 5.30. The summed E-state index contributed by atoms with van der Waals surface area (Å²) in [6.07, 6.45) is 4.07. The van der Waals surface area contributed by atoms with Crippen molar-refractivity contribution < 1.29 is 9.53 Å². The fourth-order valence-electron chi connectivity index (χ4n) is 1.95. The summed E-state index contributed by atoms with van der Waals surface area (Å²) in [5, 5.41) is 8.09. The third-order valence-corrected chi connectivity index (χ3v) is 3.65. The molecule has 8 heteroatoms. The highest BCUT2D eigenvalue weighted by Crippen LogP contribution is 2.19. The highest BCUT2D eigenvalue weighted by atomic mass is 35.5. The smallest absolute Gasteiger partial charge is 0.276 e. The predicted molar refractivity (Wildman–Crippen MR) is 84.8 cm³/mol. The Kier molecular flexibility index (Phi) is 5.33. The third kappa shape index (κ3) is 3.61. The summed E-state index contributed by atoms with van der Waals surface area (Å²) in [4.78, 5) is 13.8. The zero-order valence-electron chi connectivity index (χ0n) is 11.9. The van der Waals surface area contributed by atoms with E-state index in [1.54, 1.807) is 24.1 Å². The van der Waals surface area contributed by atoms with Gasteiger partial charge in [0.15, 0.2) is 5.11 Å². The molecule has 0 bridgehead atoms. The molecule has 0 atom stereocenters. The van der Waals surface area contributed by atoms with Gasteiger partial charge in [0.25, 0.3) is 5.91 Å². The number of halogens is 1. The van der Waals surface area contributed by atoms with Crippen LogP contribution < -0.4 is 5.32 Å². The Bertz CT molecular complexity index is 585. The molecular weight excluding hydrogens is 312 g/mol. The monoisotopic (exact) mass is 328 g/mol. The van der Waals surface area contributed by atoms with E-state index in [-0.39, 0.29) is 5.91 Å². The first-order valence-corrected chi connectivity index (χ1v) is 7.41. The molecule has 2 heterocycles. The minimum atomic E-state index is -0.168. The second-order valence-electron chi connectivity index (χ2n) is 4.51. The quantitative estimate of drug-likeness (QED) is 0.489. The lowest BCUT2D eigenvalue weighted by atomic mass is 10.3. The van der Waals surface area contributed by atoms with Crippen LogP contribution in [0.25, 0.3) is 6.08 Å². The Morgan fingerprint density at radius 2 is 2.33 bits per heavy atom. The molecule has 21 heavy (non-hydrogen) atoms. The highest BCUT2D eigenvalue weighted by Gasteiger charge is 2.30. The number of ether oxygens (including phenoxy) is 1. The third-order valence-electron chi connectivity index (χ3n) is 3.04.